The Balaban J connectivity index is 3.14. The van der Waals surface area contributed by atoms with Crippen LogP contribution >= 0.6 is 0 Å². The summed E-state index contributed by atoms with van der Waals surface area (Å²) >= 11 is 0. The zero-order valence-corrected chi connectivity index (χ0v) is 13.3. The van der Waals surface area contributed by atoms with Gasteiger partial charge in [0.15, 0.2) is 0 Å². The molecule has 0 aliphatic heterocycles. The number of hydrogen-bond acceptors (Lipinski definition) is 2. The average molecular weight is 264 g/mol. The summed E-state index contributed by atoms with van der Waals surface area (Å²) in [6.45, 7) is 15.8. The Kier molecular flexibility index (Phi) is 6.02. The van der Waals surface area contributed by atoms with Gasteiger partial charge in [0, 0.05) is 13.2 Å². The van der Waals surface area contributed by atoms with E-state index < -0.39 is 0 Å². The molecule has 108 valence electrons. The Bertz CT molecular complexity index is 373. The van der Waals surface area contributed by atoms with Crippen molar-refractivity contribution >= 4 is 0 Å². The van der Waals surface area contributed by atoms with E-state index in [1.807, 2.05) is 13.8 Å². The average Bonchev–Trinajstić information content (AvgIpc) is 2.34. The minimum Gasteiger partial charge on any atom is -0.377 e. The first-order chi connectivity index (χ1) is 8.90. The van der Waals surface area contributed by atoms with Crippen molar-refractivity contribution < 1.29 is 9.47 Å². The van der Waals surface area contributed by atoms with Crippen LogP contribution in [0.15, 0.2) is 12.1 Å². The molecule has 0 aromatic heterocycles. The SMILES string of the molecule is CCOCc1cc(C(C)(C)C)cc(COCC)c1C. The highest BCUT2D eigenvalue weighted by Gasteiger charge is 2.17. The van der Waals surface area contributed by atoms with Gasteiger partial charge in [-0.3, -0.25) is 0 Å². The Labute approximate surface area is 118 Å². The molecule has 0 saturated carbocycles. The highest BCUT2D eigenvalue weighted by Crippen LogP contribution is 2.28. The molecule has 1 aromatic rings. The fourth-order valence-corrected chi connectivity index (χ4v) is 2.00. The lowest BCUT2D eigenvalue weighted by atomic mass is 9.83. The van der Waals surface area contributed by atoms with Gasteiger partial charge >= 0.3 is 0 Å². The molecule has 0 spiro atoms. The molecule has 1 rings (SSSR count). The zero-order chi connectivity index (χ0) is 14.5. The topological polar surface area (TPSA) is 18.5 Å². The summed E-state index contributed by atoms with van der Waals surface area (Å²) in [5.74, 6) is 0. The first kappa shape index (κ1) is 16.2. The van der Waals surface area contributed by atoms with Crippen molar-refractivity contribution in [3.05, 3.63) is 34.4 Å². The van der Waals surface area contributed by atoms with E-state index >= 15 is 0 Å². The molecule has 0 radical (unpaired) electrons. The monoisotopic (exact) mass is 264 g/mol. The third-order valence-electron chi connectivity index (χ3n) is 3.41. The quantitative estimate of drug-likeness (QED) is 0.759. The Morgan fingerprint density at radius 3 is 1.63 bits per heavy atom. The van der Waals surface area contributed by atoms with E-state index in [0.717, 1.165) is 13.2 Å². The molecule has 0 atom stereocenters. The number of hydrogen-bond donors (Lipinski definition) is 0. The molecule has 2 heteroatoms. The van der Waals surface area contributed by atoms with Crippen LogP contribution in [0.25, 0.3) is 0 Å². The largest absolute Gasteiger partial charge is 0.377 e. The van der Waals surface area contributed by atoms with E-state index in [0.29, 0.717) is 13.2 Å². The van der Waals surface area contributed by atoms with Crippen LogP contribution in [0.1, 0.15) is 56.9 Å². The third kappa shape index (κ3) is 4.63. The summed E-state index contributed by atoms with van der Waals surface area (Å²) in [6.07, 6.45) is 0. The molecule has 19 heavy (non-hydrogen) atoms. The third-order valence-corrected chi connectivity index (χ3v) is 3.41. The lowest BCUT2D eigenvalue weighted by Crippen LogP contribution is -2.14. The van der Waals surface area contributed by atoms with Gasteiger partial charge in [0.2, 0.25) is 0 Å². The molecule has 0 bridgehead atoms. The fourth-order valence-electron chi connectivity index (χ4n) is 2.00. The second-order valence-electron chi connectivity index (χ2n) is 5.94. The number of benzene rings is 1. The van der Waals surface area contributed by atoms with E-state index in [4.69, 9.17) is 9.47 Å². The van der Waals surface area contributed by atoms with E-state index in [1.54, 1.807) is 0 Å². The molecule has 0 aliphatic rings. The van der Waals surface area contributed by atoms with Gasteiger partial charge in [0.25, 0.3) is 0 Å². The van der Waals surface area contributed by atoms with Crippen LogP contribution in [0.2, 0.25) is 0 Å². The Morgan fingerprint density at radius 2 is 1.32 bits per heavy atom. The van der Waals surface area contributed by atoms with Crippen LogP contribution in [-0.4, -0.2) is 13.2 Å². The molecule has 0 unspecified atom stereocenters. The summed E-state index contributed by atoms with van der Waals surface area (Å²) in [4.78, 5) is 0. The molecule has 1 aromatic carbocycles. The van der Waals surface area contributed by atoms with Crippen LogP contribution in [0.5, 0.6) is 0 Å². The maximum absolute atomic E-state index is 5.59. The molecule has 0 saturated heterocycles. The molecule has 2 nitrogen and oxygen atoms in total. The van der Waals surface area contributed by atoms with Crippen LogP contribution in [0, 0.1) is 6.92 Å². The molecule has 0 heterocycles. The summed E-state index contributed by atoms with van der Waals surface area (Å²) in [5.41, 5.74) is 5.36. The first-order valence-electron chi connectivity index (χ1n) is 7.18. The van der Waals surface area contributed by atoms with Crippen molar-refractivity contribution in [2.45, 2.75) is 60.2 Å². The number of rotatable bonds is 6. The maximum atomic E-state index is 5.59. The van der Waals surface area contributed by atoms with Crippen LogP contribution in [0.3, 0.4) is 0 Å². The smallest absolute Gasteiger partial charge is 0.0719 e. The summed E-state index contributed by atoms with van der Waals surface area (Å²) in [5, 5.41) is 0. The normalized spacial score (nSPS) is 11.9. The highest BCUT2D eigenvalue weighted by atomic mass is 16.5. The van der Waals surface area contributed by atoms with Gasteiger partial charge in [0.05, 0.1) is 13.2 Å². The molecular weight excluding hydrogens is 236 g/mol. The molecule has 0 fully saturated rings. The molecule has 0 N–H and O–H groups in total. The fraction of sp³-hybridized carbons (Fsp3) is 0.647. The Hall–Kier alpha value is -0.860. The van der Waals surface area contributed by atoms with Gasteiger partial charge in [-0.25, -0.2) is 0 Å². The number of ether oxygens (including phenoxy) is 2. The van der Waals surface area contributed by atoms with E-state index in [9.17, 15) is 0 Å². The van der Waals surface area contributed by atoms with Gasteiger partial charge < -0.3 is 9.47 Å². The molecule has 0 aliphatic carbocycles. The first-order valence-corrected chi connectivity index (χ1v) is 7.18. The lowest BCUT2D eigenvalue weighted by Gasteiger charge is -2.23. The van der Waals surface area contributed by atoms with Gasteiger partial charge in [-0.2, -0.15) is 0 Å². The lowest BCUT2D eigenvalue weighted by molar-refractivity contribution is 0.129. The van der Waals surface area contributed by atoms with Crippen LogP contribution < -0.4 is 0 Å². The minimum absolute atomic E-state index is 0.148. The molecule has 0 amide bonds. The van der Waals surface area contributed by atoms with Crippen LogP contribution in [-0.2, 0) is 28.1 Å². The van der Waals surface area contributed by atoms with E-state index in [2.05, 4.69) is 39.8 Å². The van der Waals surface area contributed by atoms with Crippen molar-refractivity contribution in [1.82, 2.24) is 0 Å². The van der Waals surface area contributed by atoms with Gasteiger partial charge in [-0.1, -0.05) is 32.9 Å². The summed E-state index contributed by atoms with van der Waals surface area (Å²) < 4.78 is 11.2. The van der Waals surface area contributed by atoms with Crippen molar-refractivity contribution in [2.24, 2.45) is 0 Å². The minimum atomic E-state index is 0.148. The van der Waals surface area contributed by atoms with Crippen molar-refractivity contribution in [3.8, 4) is 0 Å². The van der Waals surface area contributed by atoms with Crippen molar-refractivity contribution in [3.63, 3.8) is 0 Å². The zero-order valence-electron chi connectivity index (χ0n) is 13.3. The van der Waals surface area contributed by atoms with Crippen molar-refractivity contribution in [1.29, 1.82) is 0 Å². The van der Waals surface area contributed by atoms with Crippen molar-refractivity contribution in [2.75, 3.05) is 13.2 Å². The Morgan fingerprint density at radius 1 is 0.895 bits per heavy atom. The van der Waals surface area contributed by atoms with E-state index in [1.165, 1.54) is 22.3 Å². The standard InChI is InChI=1S/C17H28O2/c1-7-18-11-14-9-16(17(4,5)6)10-15(13(14)3)12-19-8-2/h9-10H,7-8,11-12H2,1-6H3. The second kappa shape index (κ2) is 7.06. The predicted molar refractivity (Wildman–Crippen MR) is 80.5 cm³/mol. The van der Waals surface area contributed by atoms with Crippen LogP contribution in [0.4, 0.5) is 0 Å². The van der Waals surface area contributed by atoms with Gasteiger partial charge in [-0.15, -0.1) is 0 Å². The second-order valence-corrected chi connectivity index (χ2v) is 5.94. The van der Waals surface area contributed by atoms with Gasteiger partial charge in [-0.05, 0) is 48.4 Å². The molecular formula is C17H28O2. The highest BCUT2D eigenvalue weighted by molar-refractivity contribution is 5.40. The summed E-state index contributed by atoms with van der Waals surface area (Å²) in [6, 6.07) is 4.56. The maximum Gasteiger partial charge on any atom is 0.0719 e. The van der Waals surface area contributed by atoms with E-state index in [-0.39, 0.29) is 5.41 Å². The summed E-state index contributed by atoms with van der Waals surface area (Å²) in [7, 11) is 0. The van der Waals surface area contributed by atoms with Gasteiger partial charge in [0.1, 0.15) is 0 Å². The predicted octanol–water partition coefficient (Wildman–Crippen LogP) is 4.37.